The highest BCUT2D eigenvalue weighted by atomic mass is 19.4. The molecule has 2 N–H and O–H groups in total. The molecule has 7 heteroatoms. The topological polar surface area (TPSA) is 66.4 Å². The normalized spacial score (nSPS) is 24.4. The number of rotatable bonds is 6. The van der Waals surface area contributed by atoms with E-state index in [1.807, 2.05) is 6.92 Å². The molecule has 0 heterocycles. The summed E-state index contributed by atoms with van der Waals surface area (Å²) >= 11 is 0. The van der Waals surface area contributed by atoms with Gasteiger partial charge in [-0.05, 0) is 32.1 Å². The number of aliphatic carboxylic acids is 1. The maximum absolute atomic E-state index is 12.6. The molecule has 0 aromatic carbocycles. The van der Waals surface area contributed by atoms with E-state index < -0.39 is 30.0 Å². The van der Waals surface area contributed by atoms with Crippen molar-refractivity contribution in [2.45, 2.75) is 64.1 Å². The Labute approximate surface area is 122 Å². The van der Waals surface area contributed by atoms with Crippen molar-refractivity contribution in [3.05, 3.63) is 0 Å². The predicted octanol–water partition coefficient (Wildman–Crippen LogP) is 3.11. The number of carboxylic acids is 1. The van der Waals surface area contributed by atoms with Crippen molar-refractivity contribution in [2.24, 2.45) is 11.8 Å². The molecule has 0 aromatic heterocycles. The van der Waals surface area contributed by atoms with Crippen LogP contribution in [0.4, 0.5) is 13.2 Å². The summed E-state index contributed by atoms with van der Waals surface area (Å²) in [5.41, 5.74) is 0. The van der Waals surface area contributed by atoms with E-state index in [1.165, 1.54) is 0 Å². The minimum Gasteiger partial charge on any atom is -0.481 e. The van der Waals surface area contributed by atoms with Gasteiger partial charge in [0.2, 0.25) is 5.91 Å². The lowest BCUT2D eigenvalue weighted by molar-refractivity contribution is -0.184. The SMILES string of the molecule is CCCC(CC(=O)O)NC(=O)C1CCC(C(F)(F)F)CC1. The summed E-state index contributed by atoms with van der Waals surface area (Å²) in [5.74, 6) is -3.05. The minimum atomic E-state index is -4.19. The third-order valence-electron chi connectivity index (χ3n) is 3.97. The highest BCUT2D eigenvalue weighted by Crippen LogP contribution is 2.39. The number of hydrogen-bond donors (Lipinski definition) is 2. The molecule has 1 unspecified atom stereocenters. The van der Waals surface area contributed by atoms with E-state index in [0.717, 1.165) is 6.42 Å². The summed E-state index contributed by atoms with van der Waals surface area (Å²) in [6.45, 7) is 1.88. The second-order valence-corrected chi connectivity index (χ2v) is 5.68. The molecule has 1 saturated carbocycles. The van der Waals surface area contributed by atoms with Crippen LogP contribution in [0.1, 0.15) is 51.9 Å². The number of carbonyl (C=O) groups excluding carboxylic acids is 1. The number of carbonyl (C=O) groups is 2. The molecule has 1 aliphatic rings. The van der Waals surface area contributed by atoms with E-state index >= 15 is 0 Å². The van der Waals surface area contributed by atoms with Crippen molar-refractivity contribution in [3.8, 4) is 0 Å². The lowest BCUT2D eigenvalue weighted by Crippen LogP contribution is -2.42. The fourth-order valence-corrected chi connectivity index (χ4v) is 2.79. The van der Waals surface area contributed by atoms with Gasteiger partial charge < -0.3 is 10.4 Å². The second-order valence-electron chi connectivity index (χ2n) is 5.68. The van der Waals surface area contributed by atoms with Crippen LogP contribution in [0.5, 0.6) is 0 Å². The summed E-state index contributed by atoms with van der Waals surface area (Å²) in [6, 6.07) is -0.444. The molecule has 0 bridgehead atoms. The first-order valence-corrected chi connectivity index (χ1v) is 7.32. The Bertz CT molecular complexity index is 363. The van der Waals surface area contributed by atoms with E-state index in [0.29, 0.717) is 6.42 Å². The van der Waals surface area contributed by atoms with Crippen molar-refractivity contribution in [3.63, 3.8) is 0 Å². The molecular weight excluding hydrogens is 287 g/mol. The van der Waals surface area contributed by atoms with Gasteiger partial charge in [-0.3, -0.25) is 9.59 Å². The summed E-state index contributed by atoms with van der Waals surface area (Å²) in [7, 11) is 0. The van der Waals surface area contributed by atoms with Gasteiger partial charge in [-0.25, -0.2) is 0 Å². The van der Waals surface area contributed by atoms with Gasteiger partial charge in [0.15, 0.2) is 0 Å². The van der Waals surface area contributed by atoms with Gasteiger partial charge in [0, 0.05) is 12.0 Å². The van der Waals surface area contributed by atoms with Crippen molar-refractivity contribution in [1.29, 1.82) is 0 Å². The lowest BCUT2D eigenvalue weighted by Gasteiger charge is -2.30. The summed E-state index contributed by atoms with van der Waals surface area (Å²) in [4.78, 5) is 22.8. The van der Waals surface area contributed by atoms with Crippen molar-refractivity contribution in [1.82, 2.24) is 5.32 Å². The van der Waals surface area contributed by atoms with Crippen LogP contribution >= 0.6 is 0 Å². The van der Waals surface area contributed by atoms with Gasteiger partial charge in [-0.1, -0.05) is 13.3 Å². The molecule has 0 aliphatic heterocycles. The zero-order valence-electron chi connectivity index (χ0n) is 12.1. The fourth-order valence-electron chi connectivity index (χ4n) is 2.79. The highest BCUT2D eigenvalue weighted by molar-refractivity contribution is 5.79. The molecule has 1 fully saturated rings. The van der Waals surface area contributed by atoms with Crippen LogP contribution in [-0.2, 0) is 9.59 Å². The summed E-state index contributed by atoms with van der Waals surface area (Å²) < 4.78 is 37.7. The molecule has 1 amide bonds. The van der Waals surface area contributed by atoms with Crippen LogP contribution in [0.15, 0.2) is 0 Å². The Morgan fingerprint density at radius 3 is 2.24 bits per heavy atom. The van der Waals surface area contributed by atoms with Gasteiger partial charge in [0.05, 0.1) is 12.3 Å². The number of amides is 1. The molecule has 1 atom stereocenters. The van der Waals surface area contributed by atoms with Crippen molar-refractivity contribution < 1.29 is 27.9 Å². The van der Waals surface area contributed by atoms with Crippen LogP contribution < -0.4 is 5.32 Å². The molecular formula is C14H22F3NO3. The number of halogens is 3. The maximum atomic E-state index is 12.6. The van der Waals surface area contributed by atoms with Crippen LogP contribution in [0.2, 0.25) is 0 Å². The van der Waals surface area contributed by atoms with E-state index in [2.05, 4.69) is 5.32 Å². The van der Waals surface area contributed by atoms with Gasteiger partial charge in [-0.15, -0.1) is 0 Å². The molecule has 1 rings (SSSR count). The van der Waals surface area contributed by atoms with Gasteiger partial charge in [0.25, 0.3) is 0 Å². The first kappa shape index (κ1) is 17.8. The monoisotopic (exact) mass is 309 g/mol. The van der Waals surface area contributed by atoms with Crippen LogP contribution in [0.3, 0.4) is 0 Å². The highest BCUT2D eigenvalue weighted by Gasteiger charge is 2.42. The van der Waals surface area contributed by atoms with Crippen LogP contribution in [-0.4, -0.2) is 29.2 Å². The molecule has 1 aliphatic carbocycles. The third kappa shape index (κ3) is 5.93. The standard InChI is InChI=1S/C14H22F3NO3/c1-2-3-11(8-12(19)20)18-13(21)9-4-6-10(7-5-9)14(15,16)17/h9-11H,2-8H2,1H3,(H,18,21)(H,19,20). The largest absolute Gasteiger partial charge is 0.481 e. The third-order valence-corrected chi connectivity index (χ3v) is 3.97. The Morgan fingerprint density at radius 2 is 1.81 bits per heavy atom. The lowest BCUT2D eigenvalue weighted by atomic mass is 9.81. The summed E-state index contributed by atoms with van der Waals surface area (Å²) in [5, 5.41) is 11.5. The molecule has 21 heavy (non-hydrogen) atoms. The van der Waals surface area contributed by atoms with Gasteiger partial charge >= 0.3 is 12.1 Å². The predicted molar refractivity (Wildman–Crippen MR) is 70.6 cm³/mol. The molecule has 0 saturated heterocycles. The van der Waals surface area contributed by atoms with Crippen LogP contribution in [0.25, 0.3) is 0 Å². The number of carboxylic acid groups (broad SMARTS) is 1. The Balaban J connectivity index is 2.47. The summed E-state index contributed by atoms with van der Waals surface area (Å²) in [6.07, 6.45) is -2.69. The minimum absolute atomic E-state index is 0.0288. The zero-order chi connectivity index (χ0) is 16.0. The number of nitrogens with one attached hydrogen (secondary N) is 1. The second kappa shape index (κ2) is 7.66. The van der Waals surface area contributed by atoms with E-state index in [1.54, 1.807) is 0 Å². The molecule has 122 valence electrons. The average molecular weight is 309 g/mol. The first-order chi connectivity index (χ1) is 9.74. The smallest absolute Gasteiger partial charge is 0.391 e. The maximum Gasteiger partial charge on any atom is 0.391 e. The Hall–Kier alpha value is -1.27. The Morgan fingerprint density at radius 1 is 1.24 bits per heavy atom. The quantitative estimate of drug-likeness (QED) is 0.792. The fraction of sp³-hybridized carbons (Fsp3) is 0.857. The molecule has 0 aromatic rings. The van der Waals surface area contributed by atoms with E-state index in [-0.39, 0.29) is 38.0 Å². The number of hydrogen-bond acceptors (Lipinski definition) is 2. The molecule has 0 spiro atoms. The average Bonchev–Trinajstić information content (AvgIpc) is 2.37. The van der Waals surface area contributed by atoms with Crippen molar-refractivity contribution in [2.75, 3.05) is 0 Å². The molecule has 0 radical (unpaired) electrons. The molecule has 4 nitrogen and oxygen atoms in total. The van der Waals surface area contributed by atoms with Gasteiger partial charge in [0.1, 0.15) is 0 Å². The zero-order valence-corrected chi connectivity index (χ0v) is 12.1. The van der Waals surface area contributed by atoms with Gasteiger partial charge in [-0.2, -0.15) is 13.2 Å². The van der Waals surface area contributed by atoms with E-state index in [4.69, 9.17) is 5.11 Å². The number of alkyl halides is 3. The Kier molecular flexibility index (Phi) is 6.48. The van der Waals surface area contributed by atoms with Crippen molar-refractivity contribution >= 4 is 11.9 Å². The first-order valence-electron chi connectivity index (χ1n) is 7.32. The van der Waals surface area contributed by atoms with Crippen LogP contribution in [0, 0.1) is 11.8 Å². The van der Waals surface area contributed by atoms with E-state index in [9.17, 15) is 22.8 Å².